The Balaban J connectivity index is 1.47. The lowest BCUT2D eigenvalue weighted by Gasteiger charge is -2.10. The molecule has 1 saturated carbocycles. The Morgan fingerprint density at radius 2 is 2.16 bits per heavy atom. The first-order chi connectivity index (χ1) is 9.22. The second-order valence-electron chi connectivity index (χ2n) is 5.69. The highest BCUT2D eigenvalue weighted by molar-refractivity contribution is 5.17. The summed E-state index contributed by atoms with van der Waals surface area (Å²) in [5.74, 6) is 4.66. The summed E-state index contributed by atoms with van der Waals surface area (Å²) < 4.78 is 11.2. The van der Waals surface area contributed by atoms with Crippen LogP contribution >= 0.6 is 0 Å². The van der Waals surface area contributed by atoms with Crippen LogP contribution in [0.25, 0.3) is 0 Å². The van der Waals surface area contributed by atoms with Gasteiger partial charge in [-0.1, -0.05) is 6.92 Å². The van der Waals surface area contributed by atoms with E-state index >= 15 is 0 Å². The van der Waals surface area contributed by atoms with E-state index in [4.69, 9.17) is 8.83 Å². The van der Waals surface area contributed by atoms with Crippen LogP contribution in [0.1, 0.15) is 43.5 Å². The predicted octanol–water partition coefficient (Wildman–Crippen LogP) is 3.72. The van der Waals surface area contributed by atoms with Crippen LogP contribution < -0.4 is 5.32 Å². The largest absolute Gasteiger partial charge is 0.469 e. The SMILES string of the molecule is CC(Cc1ccco1)NCc1ccc(C2CC2C)o1. The number of furan rings is 2. The van der Waals surface area contributed by atoms with Gasteiger partial charge in [0.25, 0.3) is 0 Å². The molecular weight excluding hydrogens is 238 g/mol. The predicted molar refractivity (Wildman–Crippen MR) is 73.9 cm³/mol. The fourth-order valence-electron chi connectivity index (χ4n) is 2.48. The fraction of sp³-hybridized carbons (Fsp3) is 0.500. The summed E-state index contributed by atoms with van der Waals surface area (Å²) in [7, 11) is 0. The van der Waals surface area contributed by atoms with Gasteiger partial charge < -0.3 is 14.2 Å². The minimum atomic E-state index is 0.375. The van der Waals surface area contributed by atoms with Gasteiger partial charge in [-0.25, -0.2) is 0 Å². The molecular formula is C16H21NO2. The molecule has 1 aliphatic rings. The highest BCUT2D eigenvalue weighted by Gasteiger charge is 2.36. The van der Waals surface area contributed by atoms with Crippen molar-refractivity contribution in [2.45, 2.75) is 45.2 Å². The molecule has 102 valence electrons. The topological polar surface area (TPSA) is 38.3 Å². The van der Waals surface area contributed by atoms with E-state index in [1.807, 2.05) is 12.1 Å². The Labute approximate surface area is 114 Å². The zero-order valence-corrected chi connectivity index (χ0v) is 11.6. The third-order valence-corrected chi connectivity index (χ3v) is 3.87. The molecule has 3 atom stereocenters. The van der Waals surface area contributed by atoms with Crippen LogP contribution in [0.3, 0.4) is 0 Å². The summed E-state index contributed by atoms with van der Waals surface area (Å²) >= 11 is 0. The van der Waals surface area contributed by atoms with Gasteiger partial charge in [0, 0.05) is 18.4 Å². The van der Waals surface area contributed by atoms with Crippen molar-refractivity contribution in [2.75, 3.05) is 0 Å². The van der Waals surface area contributed by atoms with E-state index in [-0.39, 0.29) is 0 Å². The van der Waals surface area contributed by atoms with Crippen molar-refractivity contribution in [3.8, 4) is 0 Å². The summed E-state index contributed by atoms with van der Waals surface area (Å²) in [5.41, 5.74) is 0. The third kappa shape index (κ3) is 3.10. The zero-order chi connectivity index (χ0) is 13.2. The van der Waals surface area contributed by atoms with Gasteiger partial charge in [0.1, 0.15) is 17.3 Å². The van der Waals surface area contributed by atoms with E-state index in [1.54, 1.807) is 6.26 Å². The van der Waals surface area contributed by atoms with E-state index in [9.17, 15) is 0 Å². The lowest BCUT2D eigenvalue weighted by molar-refractivity contribution is 0.412. The van der Waals surface area contributed by atoms with Crippen molar-refractivity contribution in [2.24, 2.45) is 5.92 Å². The van der Waals surface area contributed by atoms with Crippen LogP contribution in [0, 0.1) is 5.92 Å². The van der Waals surface area contributed by atoms with E-state index in [1.165, 1.54) is 6.42 Å². The maximum Gasteiger partial charge on any atom is 0.117 e. The van der Waals surface area contributed by atoms with Crippen LogP contribution in [-0.4, -0.2) is 6.04 Å². The molecule has 0 radical (unpaired) electrons. The molecule has 2 aromatic heterocycles. The average Bonchev–Trinajstić information content (AvgIpc) is 2.87. The lowest BCUT2D eigenvalue weighted by atomic mass is 10.2. The normalized spacial score (nSPS) is 23.5. The molecule has 0 bridgehead atoms. The number of rotatable bonds is 6. The van der Waals surface area contributed by atoms with Crippen LogP contribution in [0.5, 0.6) is 0 Å². The van der Waals surface area contributed by atoms with Crippen LogP contribution in [0.4, 0.5) is 0 Å². The minimum Gasteiger partial charge on any atom is -0.469 e. The minimum absolute atomic E-state index is 0.375. The van der Waals surface area contributed by atoms with Crippen molar-refractivity contribution in [3.05, 3.63) is 47.8 Å². The van der Waals surface area contributed by atoms with E-state index < -0.39 is 0 Å². The molecule has 3 heteroatoms. The van der Waals surface area contributed by atoms with Crippen molar-refractivity contribution >= 4 is 0 Å². The zero-order valence-electron chi connectivity index (χ0n) is 11.6. The van der Waals surface area contributed by atoms with Crippen molar-refractivity contribution < 1.29 is 8.83 Å². The maximum atomic E-state index is 5.88. The molecule has 1 fully saturated rings. The van der Waals surface area contributed by atoms with E-state index in [0.717, 1.165) is 36.2 Å². The number of nitrogens with one attached hydrogen (secondary N) is 1. The standard InChI is InChI=1S/C16H21NO2/c1-11-8-15(11)16-6-5-14(19-16)10-17-12(2)9-13-4-3-7-18-13/h3-7,11-12,15,17H,8-10H2,1-2H3. The Bertz CT molecular complexity index is 515. The van der Waals surface area contributed by atoms with Gasteiger partial charge in [0.05, 0.1) is 12.8 Å². The quantitative estimate of drug-likeness (QED) is 0.859. The fourth-order valence-corrected chi connectivity index (χ4v) is 2.48. The summed E-state index contributed by atoms with van der Waals surface area (Å²) in [5, 5.41) is 3.47. The Hall–Kier alpha value is -1.48. The van der Waals surface area contributed by atoms with Crippen LogP contribution in [0.15, 0.2) is 39.4 Å². The third-order valence-electron chi connectivity index (χ3n) is 3.87. The van der Waals surface area contributed by atoms with Crippen molar-refractivity contribution in [1.29, 1.82) is 0 Å². The molecule has 3 rings (SSSR count). The number of hydrogen-bond donors (Lipinski definition) is 1. The summed E-state index contributed by atoms with van der Waals surface area (Å²) in [6.07, 6.45) is 3.90. The van der Waals surface area contributed by atoms with E-state index in [2.05, 4.69) is 31.3 Å². The first-order valence-corrected chi connectivity index (χ1v) is 7.06. The molecule has 0 saturated heterocycles. The van der Waals surface area contributed by atoms with Gasteiger partial charge in [0.2, 0.25) is 0 Å². The van der Waals surface area contributed by atoms with Crippen molar-refractivity contribution in [1.82, 2.24) is 5.32 Å². The van der Waals surface area contributed by atoms with E-state index in [0.29, 0.717) is 12.0 Å². The highest BCUT2D eigenvalue weighted by Crippen LogP contribution is 2.47. The monoisotopic (exact) mass is 259 g/mol. The Morgan fingerprint density at radius 3 is 2.84 bits per heavy atom. The molecule has 1 N–H and O–H groups in total. The first kappa shape index (κ1) is 12.5. The van der Waals surface area contributed by atoms with Gasteiger partial charge in [-0.2, -0.15) is 0 Å². The van der Waals surface area contributed by atoms with Gasteiger partial charge in [-0.05, 0) is 43.5 Å². The Kier molecular flexibility index (Phi) is 3.47. The highest BCUT2D eigenvalue weighted by atomic mass is 16.3. The molecule has 0 aliphatic heterocycles. The average molecular weight is 259 g/mol. The summed E-state index contributed by atoms with van der Waals surface area (Å²) in [6, 6.07) is 8.53. The molecule has 3 unspecified atom stereocenters. The molecule has 3 nitrogen and oxygen atoms in total. The van der Waals surface area contributed by atoms with Gasteiger partial charge in [-0.15, -0.1) is 0 Å². The Morgan fingerprint density at radius 1 is 1.32 bits per heavy atom. The molecule has 0 spiro atoms. The summed E-state index contributed by atoms with van der Waals surface area (Å²) in [4.78, 5) is 0. The van der Waals surface area contributed by atoms with Crippen molar-refractivity contribution in [3.63, 3.8) is 0 Å². The second kappa shape index (κ2) is 5.25. The molecule has 0 aromatic carbocycles. The van der Waals surface area contributed by atoms with Crippen LogP contribution in [0.2, 0.25) is 0 Å². The van der Waals surface area contributed by atoms with Gasteiger partial charge in [0.15, 0.2) is 0 Å². The smallest absolute Gasteiger partial charge is 0.117 e. The van der Waals surface area contributed by atoms with Gasteiger partial charge >= 0.3 is 0 Å². The second-order valence-corrected chi connectivity index (χ2v) is 5.69. The summed E-state index contributed by atoms with van der Waals surface area (Å²) in [6.45, 7) is 5.22. The number of hydrogen-bond acceptors (Lipinski definition) is 3. The maximum absolute atomic E-state index is 5.88. The molecule has 0 amide bonds. The lowest BCUT2D eigenvalue weighted by Crippen LogP contribution is -2.27. The molecule has 19 heavy (non-hydrogen) atoms. The van der Waals surface area contributed by atoms with Gasteiger partial charge in [-0.3, -0.25) is 0 Å². The first-order valence-electron chi connectivity index (χ1n) is 7.06. The molecule has 2 aromatic rings. The molecule has 2 heterocycles. The molecule has 1 aliphatic carbocycles. The van der Waals surface area contributed by atoms with Crippen LogP contribution in [-0.2, 0) is 13.0 Å².